The van der Waals surface area contributed by atoms with Gasteiger partial charge in [-0.3, -0.25) is 0 Å². The quantitative estimate of drug-likeness (QED) is 0.511. The molecule has 0 unspecified atom stereocenters. The second kappa shape index (κ2) is 7.02. The smallest absolute Gasteiger partial charge is 0.0951 e. The Hall–Kier alpha value is -1.54. The van der Waals surface area contributed by atoms with E-state index in [-0.39, 0.29) is 11.5 Å². The van der Waals surface area contributed by atoms with E-state index >= 15 is 0 Å². The lowest BCUT2D eigenvalue weighted by Gasteiger charge is -2.31. The Bertz CT molecular complexity index is 368. The molecule has 18 heavy (non-hydrogen) atoms. The van der Waals surface area contributed by atoms with Crippen molar-refractivity contribution in [2.45, 2.75) is 26.6 Å². The third kappa shape index (κ3) is 4.38. The van der Waals surface area contributed by atoms with Crippen LogP contribution in [0.2, 0.25) is 0 Å². The van der Waals surface area contributed by atoms with Crippen LogP contribution in [0.1, 0.15) is 19.4 Å². The van der Waals surface area contributed by atoms with Crippen LogP contribution < -0.4 is 0 Å². The minimum absolute atomic E-state index is 0.0577. The van der Waals surface area contributed by atoms with Gasteiger partial charge in [0, 0.05) is 5.41 Å². The molecule has 0 saturated carbocycles. The van der Waals surface area contributed by atoms with Crippen LogP contribution in [0, 0.1) is 5.41 Å². The second-order valence-electron chi connectivity index (χ2n) is 4.92. The summed E-state index contributed by atoms with van der Waals surface area (Å²) < 4.78 is 11.2. The van der Waals surface area contributed by atoms with E-state index < -0.39 is 0 Å². The molecule has 0 spiro atoms. The molecule has 0 fully saturated rings. The van der Waals surface area contributed by atoms with Crippen molar-refractivity contribution in [3.05, 3.63) is 61.4 Å². The monoisotopic (exact) mass is 246 g/mol. The Kier molecular flexibility index (Phi) is 5.66. The molecule has 0 N–H and O–H groups in total. The fourth-order valence-electron chi connectivity index (χ4n) is 1.73. The van der Waals surface area contributed by atoms with Crippen molar-refractivity contribution in [3.8, 4) is 0 Å². The number of hydrogen-bond donors (Lipinski definition) is 0. The van der Waals surface area contributed by atoms with Crippen molar-refractivity contribution in [1.82, 2.24) is 0 Å². The number of benzene rings is 1. The van der Waals surface area contributed by atoms with Gasteiger partial charge in [0.1, 0.15) is 0 Å². The average Bonchev–Trinajstić information content (AvgIpc) is 2.38. The van der Waals surface area contributed by atoms with Gasteiger partial charge in [0.25, 0.3) is 0 Å². The fraction of sp³-hybridized carbons (Fsp3) is 0.375. The van der Waals surface area contributed by atoms with Crippen LogP contribution in [0.3, 0.4) is 0 Å². The molecule has 0 aromatic heterocycles. The molecule has 0 heterocycles. The highest BCUT2D eigenvalue weighted by Gasteiger charge is 2.28. The topological polar surface area (TPSA) is 18.5 Å². The third-order valence-electron chi connectivity index (χ3n) is 2.83. The summed E-state index contributed by atoms with van der Waals surface area (Å²) in [4.78, 5) is 0. The summed E-state index contributed by atoms with van der Waals surface area (Å²) in [5, 5.41) is 0. The fourth-order valence-corrected chi connectivity index (χ4v) is 1.73. The van der Waals surface area contributed by atoms with Crippen LogP contribution in [0.5, 0.6) is 0 Å². The van der Waals surface area contributed by atoms with E-state index in [1.54, 1.807) is 0 Å². The maximum atomic E-state index is 5.91. The molecule has 0 aliphatic rings. The number of hydrogen-bond acceptors (Lipinski definition) is 2. The zero-order chi connectivity index (χ0) is 13.4. The van der Waals surface area contributed by atoms with E-state index in [9.17, 15) is 0 Å². The van der Waals surface area contributed by atoms with Crippen LogP contribution in [0.25, 0.3) is 0 Å². The molecule has 0 radical (unpaired) electrons. The van der Waals surface area contributed by atoms with Gasteiger partial charge in [-0.2, -0.15) is 0 Å². The van der Waals surface area contributed by atoms with E-state index in [1.165, 1.54) is 6.26 Å². The molecule has 0 bridgehead atoms. The molecule has 0 saturated heterocycles. The molecule has 1 aromatic rings. The van der Waals surface area contributed by atoms with E-state index in [4.69, 9.17) is 9.47 Å². The SMILES string of the molecule is C=COCC(C)(C)[C@H](C=C)OCc1ccccc1. The maximum absolute atomic E-state index is 5.91. The van der Waals surface area contributed by atoms with Gasteiger partial charge in [0.05, 0.1) is 25.6 Å². The molecular weight excluding hydrogens is 224 g/mol. The summed E-state index contributed by atoms with van der Waals surface area (Å²) in [5.41, 5.74) is 1.02. The van der Waals surface area contributed by atoms with Gasteiger partial charge in [0.2, 0.25) is 0 Å². The normalized spacial score (nSPS) is 12.8. The van der Waals surface area contributed by atoms with Gasteiger partial charge >= 0.3 is 0 Å². The summed E-state index contributed by atoms with van der Waals surface area (Å²) in [6.07, 6.45) is 3.23. The number of ether oxygens (including phenoxy) is 2. The molecule has 0 aliphatic heterocycles. The Labute approximate surface area is 110 Å². The van der Waals surface area contributed by atoms with Crippen molar-refractivity contribution in [2.75, 3.05) is 6.61 Å². The number of rotatable bonds is 8. The van der Waals surface area contributed by atoms with Crippen molar-refractivity contribution in [1.29, 1.82) is 0 Å². The second-order valence-corrected chi connectivity index (χ2v) is 4.92. The Morgan fingerprint density at radius 3 is 2.44 bits per heavy atom. The van der Waals surface area contributed by atoms with E-state index in [0.717, 1.165) is 5.56 Å². The summed E-state index contributed by atoms with van der Waals surface area (Å²) in [6, 6.07) is 10.1. The highest BCUT2D eigenvalue weighted by molar-refractivity contribution is 5.13. The van der Waals surface area contributed by atoms with Crippen molar-refractivity contribution < 1.29 is 9.47 Å². The standard InChI is InChI=1S/C16H22O2/c1-5-15(16(3,4)13-17-6-2)18-12-14-10-8-7-9-11-14/h5-11,15H,1-2,12-13H2,3-4H3/t15-/m0/s1. The van der Waals surface area contributed by atoms with Crippen LogP contribution in [0.4, 0.5) is 0 Å². The molecular formula is C16H22O2. The molecule has 2 nitrogen and oxygen atoms in total. The minimum Gasteiger partial charge on any atom is -0.501 e. The highest BCUT2D eigenvalue weighted by Crippen LogP contribution is 2.25. The molecule has 1 atom stereocenters. The van der Waals surface area contributed by atoms with Crippen molar-refractivity contribution >= 4 is 0 Å². The van der Waals surface area contributed by atoms with Crippen LogP contribution in [-0.2, 0) is 16.1 Å². The van der Waals surface area contributed by atoms with E-state index in [1.807, 2.05) is 36.4 Å². The average molecular weight is 246 g/mol. The molecule has 98 valence electrons. The maximum Gasteiger partial charge on any atom is 0.0951 e. The first-order valence-corrected chi connectivity index (χ1v) is 6.11. The highest BCUT2D eigenvalue weighted by atomic mass is 16.5. The summed E-state index contributed by atoms with van der Waals surface area (Å²) in [6.45, 7) is 12.7. The zero-order valence-electron chi connectivity index (χ0n) is 11.3. The van der Waals surface area contributed by atoms with Gasteiger partial charge in [0.15, 0.2) is 0 Å². The zero-order valence-corrected chi connectivity index (χ0v) is 11.3. The van der Waals surface area contributed by atoms with Crippen LogP contribution in [0.15, 0.2) is 55.8 Å². The van der Waals surface area contributed by atoms with Gasteiger partial charge < -0.3 is 9.47 Å². The lowest BCUT2D eigenvalue weighted by Crippen LogP contribution is -2.34. The Balaban J connectivity index is 2.56. The molecule has 2 heteroatoms. The summed E-state index contributed by atoms with van der Waals surface area (Å²) >= 11 is 0. The lowest BCUT2D eigenvalue weighted by molar-refractivity contribution is -0.0315. The van der Waals surface area contributed by atoms with Crippen LogP contribution >= 0.6 is 0 Å². The molecule has 0 aliphatic carbocycles. The minimum atomic E-state index is -0.134. The van der Waals surface area contributed by atoms with Gasteiger partial charge in [-0.05, 0) is 5.56 Å². The van der Waals surface area contributed by atoms with Crippen LogP contribution in [-0.4, -0.2) is 12.7 Å². The largest absolute Gasteiger partial charge is 0.501 e. The molecule has 1 aromatic carbocycles. The van der Waals surface area contributed by atoms with E-state index in [0.29, 0.717) is 13.2 Å². The molecule has 1 rings (SSSR count). The molecule has 0 amide bonds. The summed E-state index contributed by atoms with van der Waals surface area (Å²) in [7, 11) is 0. The van der Waals surface area contributed by atoms with Gasteiger partial charge in [-0.1, -0.05) is 56.8 Å². The van der Waals surface area contributed by atoms with Crippen molar-refractivity contribution in [3.63, 3.8) is 0 Å². The van der Waals surface area contributed by atoms with Gasteiger partial charge in [-0.15, -0.1) is 6.58 Å². The first-order chi connectivity index (χ1) is 8.60. The van der Waals surface area contributed by atoms with Crippen molar-refractivity contribution in [2.24, 2.45) is 5.41 Å². The first kappa shape index (κ1) is 14.5. The Morgan fingerprint density at radius 2 is 1.89 bits per heavy atom. The summed E-state index contributed by atoms with van der Waals surface area (Å²) in [5.74, 6) is 0. The first-order valence-electron chi connectivity index (χ1n) is 6.11. The van der Waals surface area contributed by atoms with Gasteiger partial charge in [-0.25, -0.2) is 0 Å². The van der Waals surface area contributed by atoms with E-state index in [2.05, 4.69) is 27.0 Å². The third-order valence-corrected chi connectivity index (χ3v) is 2.83. The Morgan fingerprint density at radius 1 is 1.22 bits per heavy atom. The predicted molar refractivity (Wildman–Crippen MR) is 75.1 cm³/mol. The lowest BCUT2D eigenvalue weighted by atomic mass is 9.87. The predicted octanol–water partition coefficient (Wildman–Crippen LogP) is 3.94.